The normalized spacial score (nSPS) is 11.9. The molecular formula is C15H17FN2O2S2. The van der Waals surface area contributed by atoms with Crippen LogP contribution in [-0.4, -0.2) is 30.0 Å². The van der Waals surface area contributed by atoms with Crippen LogP contribution >= 0.6 is 23.1 Å². The van der Waals surface area contributed by atoms with E-state index in [1.165, 1.54) is 35.2 Å². The second-order valence-electron chi connectivity index (χ2n) is 4.51. The molecule has 22 heavy (non-hydrogen) atoms. The molecule has 0 radical (unpaired) electrons. The van der Waals surface area contributed by atoms with Crippen molar-refractivity contribution >= 4 is 29.1 Å². The van der Waals surface area contributed by atoms with E-state index in [0.29, 0.717) is 12.3 Å². The van der Waals surface area contributed by atoms with Crippen molar-refractivity contribution in [3.63, 3.8) is 0 Å². The van der Waals surface area contributed by atoms with Gasteiger partial charge in [0.15, 0.2) is 0 Å². The molecule has 4 nitrogen and oxygen atoms in total. The molecule has 1 aromatic heterocycles. The zero-order valence-electron chi connectivity index (χ0n) is 11.8. The quantitative estimate of drug-likeness (QED) is 0.536. The summed E-state index contributed by atoms with van der Waals surface area (Å²) in [6, 6.07) is 7.75. The standard InChI is InChI=1S/C15H17FN2O2S2/c16-12-1-3-13(4-2-12)22-8-6-17-15(20)18-9-14(19)11-5-7-21-10-11/h1-5,7,10,14,19H,6,8-9H2,(H2,17,18,20)/t14-/m1/s1. The highest BCUT2D eigenvalue weighted by atomic mass is 32.2. The number of carbonyl (C=O) groups is 1. The monoisotopic (exact) mass is 340 g/mol. The Balaban J connectivity index is 1.58. The number of hydrogen-bond donors (Lipinski definition) is 3. The van der Waals surface area contributed by atoms with E-state index >= 15 is 0 Å². The summed E-state index contributed by atoms with van der Waals surface area (Å²) in [5.41, 5.74) is 0.803. The van der Waals surface area contributed by atoms with E-state index in [4.69, 9.17) is 0 Å². The highest BCUT2D eigenvalue weighted by molar-refractivity contribution is 7.99. The Bertz CT molecular complexity index is 576. The molecule has 0 spiro atoms. The van der Waals surface area contributed by atoms with Crippen LogP contribution in [0.2, 0.25) is 0 Å². The minimum absolute atomic E-state index is 0.174. The molecule has 7 heteroatoms. The van der Waals surface area contributed by atoms with Gasteiger partial charge >= 0.3 is 6.03 Å². The third kappa shape index (κ3) is 5.67. The lowest BCUT2D eigenvalue weighted by atomic mass is 10.2. The zero-order valence-corrected chi connectivity index (χ0v) is 13.4. The van der Waals surface area contributed by atoms with Gasteiger partial charge in [-0.2, -0.15) is 11.3 Å². The van der Waals surface area contributed by atoms with Gasteiger partial charge in [-0.1, -0.05) is 0 Å². The Morgan fingerprint density at radius 1 is 1.27 bits per heavy atom. The van der Waals surface area contributed by atoms with Gasteiger partial charge in [0.05, 0.1) is 6.10 Å². The molecule has 1 heterocycles. The van der Waals surface area contributed by atoms with Gasteiger partial charge in [0.1, 0.15) is 5.82 Å². The molecule has 0 saturated heterocycles. The predicted octanol–water partition coefficient (Wildman–Crippen LogP) is 3.01. The second kappa shape index (κ2) is 8.77. The van der Waals surface area contributed by atoms with E-state index in [9.17, 15) is 14.3 Å². The SMILES string of the molecule is O=C(NCCSc1ccc(F)cc1)NC[C@@H](O)c1ccsc1. The number of hydrogen-bond acceptors (Lipinski definition) is 4. The molecule has 0 aliphatic carbocycles. The van der Waals surface area contributed by atoms with Crippen molar-refractivity contribution in [1.82, 2.24) is 10.6 Å². The maximum Gasteiger partial charge on any atom is 0.314 e. The summed E-state index contributed by atoms with van der Waals surface area (Å²) in [6.07, 6.45) is -0.689. The van der Waals surface area contributed by atoms with Crippen molar-refractivity contribution in [2.45, 2.75) is 11.0 Å². The average molecular weight is 340 g/mol. The second-order valence-corrected chi connectivity index (χ2v) is 6.46. The fourth-order valence-corrected chi connectivity index (χ4v) is 3.17. The first-order valence-electron chi connectivity index (χ1n) is 6.75. The molecule has 0 fully saturated rings. The molecular weight excluding hydrogens is 323 g/mol. The fraction of sp³-hybridized carbons (Fsp3) is 0.267. The number of urea groups is 1. The average Bonchev–Trinajstić information content (AvgIpc) is 3.05. The van der Waals surface area contributed by atoms with Crippen LogP contribution in [0.1, 0.15) is 11.7 Å². The molecule has 2 amide bonds. The lowest BCUT2D eigenvalue weighted by molar-refractivity contribution is 0.173. The number of aliphatic hydroxyl groups is 1. The van der Waals surface area contributed by atoms with Gasteiger partial charge in [0.2, 0.25) is 0 Å². The number of thiophene rings is 1. The van der Waals surface area contributed by atoms with E-state index < -0.39 is 6.10 Å². The van der Waals surface area contributed by atoms with Gasteiger partial charge in [-0.3, -0.25) is 0 Å². The van der Waals surface area contributed by atoms with Crippen molar-refractivity contribution in [2.75, 3.05) is 18.8 Å². The Morgan fingerprint density at radius 3 is 2.73 bits per heavy atom. The topological polar surface area (TPSA) is 61.4 Å². The first-order valence-corrected chi connectivity index (χ1v) is 8.68. The highest BCUT2D eigenvalue weighted by Crippen LogP contribution is 2.17. The van der Waals surface area contributed by atoms with Crippen LogP contribution in [0.3, 0.4) is 0 Å². The highest BCUT2D eigenvalue weighted by Gasteiger charge is 2.09. The van der Waals surface area contributed by atoms with Gasteiger partial charge in [-0.05, 0) is 46.7 Å². The van der Waals surface area contributed by atoms with Crippen LogP contribution < -0.4 is 10.6 Å². The number of benzene rings is 1. The van der Waals surface area contributed by atoms with Crippen LogP contribution in [0.4, 0.5) is 9.18 Å². The van der Waals surface area contributed by atoms with E-state index in [0.717, 1.165) is 10.5 Å². The minimum Gasteiger partial charge on any atom is -0.387 e. The maximum atomic E-state index is 12.7. The molecule has 2 rings (SSSR count). The molecule has 0 aliphatic rings. The van der Waals surface area contributed by atoms with Gasteiger partial charge < -0.3 is 15.7 Å². The lowest BCUT2D eigenvalue weighted by Crippen LogP contribution is -2.38. The molecule has 0 unspecified atom stereocenters. The lowest BCUT2D eigenvalue weighted by Gasteiger charge is -2.11. The Labute approximate surface area is 136 Å². The van der Waals surface area contributed by atoms with Gasteiger partial charge in [-0.25, -0.2) is 9.18 Å². The van der Waals surface area contributed by atoms with Gasteiger partial charge in [0, 0.05) is 23.7 Å². The molecule has 1 atom stereocenters. The summed E-state index contributed by atoms with van der Waals surface area (Å²) in [6.45, 7) is 0.663. The summed E-state index contributed by atoms with van der Waals surface area (Å²) in [7, 11) is 0. The van der Waals surface area contributed by atoms with Crippen LogP contribution in [-0.2, 0) is 0 Å². The zero-order chi connectivity index (χ0) is 15.8. The molecule has 0 saturated carbocycles. The van der Waals surface area contributed by atoms with E-state index in [-0.39, 0.29) is 18.4 Å². The van der Waals surface area contributed by atoms with Crippen LogP contribution in [0.25, 0.3) is 0 Å². The van der Waals surface area contributed by atoms with Crippen LogP contribution in [0.5, 0.6) is 0 Å². The largest absolute Gasteiger partial charge is 0.387 e. The van der Waals surface area contributed by atoms with Crippen LogP contribution in [0.15, 0.2) is 46.0 Å². The number of nitrogens with one attached hydrogen (secondary N) is 2. The van der Waals surface area contributed by atoms with Crippen LogP contribution in [0, 0.1) is 5.82 Å². The number of amides is 2. The molecule has 3 N–H and O–H groups in total. The Kier molecular flexibility index (Phi) is 6.70. The number of aliphatic hydroxyl groups excluding tert-OH is 1. The summed E-state index contributed by atoms with van der Waals surface area (Å²) in [5, 5.41) is 18.9. The molecule has 2 aromatic rings. The molecule has 1 aromatic carbocycles. The summed E-state index contributed by atoms with van der Waals surface area (Å²) in [4.78, 5) is 12.5. The fourth-order valence-electron chi connectivity index (χ4n) is 1.70. The Morgan fingerprint density at radius 2 is 2.05 bits per heavy atom. The van der Waals surface area contributed by atoms with E-state index in [1.54, 1.807) is 12.1 Å². The van der Waals surface area contributed by atoms with Gasteiger partial charge in [0.25, 0.3) is 0 Å². The van der Waals surface area contributed by atoms with Gasteiger partial charge in [-0.15, -0.1) is 11.8 Å². The number of carbonyl (C=O) groups excluding carboxylic acids is 1. The molecule has 118 valence electrons. The number of thioether (sulfide) groups is 1. The van der Waals surface area contributed by atoms with E-state index in [1.807, 2.05) is 16.8 Å². The van der Waals surface area contributed by atoms with E-state index in [2.05, 4.69) is 10.6 Å². The first kappa shape index (κ1) is 16.8. The summed E-state index contributed by atoms with van der Waals surface area (Å²) in [5.74, 6) is 0.428. The maximum absolute atomic E-state index is 12.7. The summed E-state index contributed by atoms with van der Waals surface area (Å²) < 4.78 is 12.7. The molecule has 0 bridgehead atoms. The minimum atomic E-state index is -0.689. The number of halogens is 1. The predicted molar refractivity (Wildman–Crippen MR) is 87.8 cm³/mol. The summed E-state index contributed by atoms with van der Waals surface area (Å²) >= 11 is 3.04. The van der Waals surface area contributed by atoms with Crippen molar-refractivity contribution in [3.05, 3.63) is 52.5 Å². The van der Waals surface area contributed by atoms with Crippen molar-refractivity contribution in [3.8, 4) is 0 Å². The van der Waals surface area contributed by atoms with Crippen molar-refractivity contribution in [2.24, 2.45) is 0 Å². The first-order chi connectivity index (χ1) is 10.6. The smallest absolute Gasteiger partial charge is 0.314 e. The third-order valence-corrected chi connectivity index (χ3v) is 4.57. The van der Waals surface area contributed by atoms with Crippen molar-refractivity contribution < 1.29 is 14.3 Å². The number of rotatable bonds is 7. The molecule has 0 aliphatic heterocycles. The van der Waals surface area contributed by atoms with Crippen molar-refractivity contribution in [1.29, 1.82) is 0 Å². The third-order valence-electron chi connectivity index (χ3n) is 2.85. The Hall–Kier alpha value is -1.57.